The number of allylic oxidation sites excluding steroid dienone is 2. The van der Waals surface area contributed by atoms with Crippen molar-refractivity contribution in [3.05, 3.63) is 34.9 Å². The summed E-state index contributed by atoms with van der Waals surface area (Å²) in [6.07, 6.45) is 2.05. The lowest BCUT2D eigenvalue weighted by Crippen LogP contribution is -1.81. The molecule has 12 heavy (non-hydrogen) atoms. The highest BCUT2D eigenvalue weighted by atomic mass is 35.5. The van der Waals surface area contributed by atoms with Crippen molar-refractivity contribution in [2.24, 2.45) is 0 Å². The molecule has 0 saturated heterocycles. The molecule has 0 radical (unpaired) electrons. The summed E-state index contributed by atoms with van der Waals surface area (Å²) < 4.78 is 0. The van der Waals surface area contributed by atoms with Gasteiger partial charge in [-0.05, 0) is 43.2 Å². The molecule has 0 unspecified atom stereocenters. The first kappa shape index (κ1) is 9.69. The number of thiol groups is 1. The Morgan fingerprint density at radius 1 is 1.50 bits per heavy atom. The Morgan fingerprint density at radius 2 is 2.17 bits per heavy atom. The minimum absolute atomic E-state index is 0.754. The highest BCUT2D eigenvalue weighted by Crippen LogP contribution is 2.25. The number of halogens is 1. The maximum atomic E-state index is 5.86. The SMILES string of the molecule is C/C=C(\C)c1cc(Cl)ccc1S. The number of hydrogen-bond donors (Lipinski definition) is 1. The molecule has 0 N–H and O–H groups in total. The van der Waals surface area contributed by atoms with E-state index in [2.05, 4.69) is 12.6 Å². The Kier molecular flexibility index (Phi) is 3.24. The molecule has 1 aromatic carbocycles. The molecule has 0 saturated carbocycles. The molecule has 0 spiro atoms. The first-order chi connectivity index (χ1) is 5.65. The largest absolute Gasteiger partial charge is 0.143 e. The Morgan fingerprint density at radius 3 is 2.75 bits per heavy atom. The van der Waals surface area contributed by atoms with Gasteiger partial charge >= 0.3 is 0 Å². The van der Waals surface area contributed by atoms with Crippen molar-refractivity contribution >= 4 is 29.8 Å². The number of rotatable bonds is 1. The van der Waals surface area contributed by atoms with Gasteiger partial charge in [0.15, 0.2) is 0 Å². The predicted molar refractivity (Wildman–Crippen MR) is 58.0 cm³/mol. The molecule has 0 aliphatic heterocycles. The van der Waals surface area contributed by atoms with Crippen LogP contribution in [0.4, 0.5) is 0 Å². The molecule has 1 aromatic rings. The van der Waals surface area contributed by atoms with E-state index in [4.69, 9.17) is 11.6 Å². The zero-order chi connectivity index (χ0) is 9.14. The number of benzene rings is 1. The fourth-order valence-corrected chi connectivity index (χ4v) is 1.47. The summed E-state index contributed by atoms with van der Waals surface area (Å²) in [5, 5.41) is 0.754. The normalized spacial score (nSPS) is 11.8. The zero-order valence-corrected chi connectivity index (χ0v) is 8.78. The van der Waals surface area contributed by atoms with Crippen LogP contribution in [0.3, 0.4) is 0 Å². The van der Waals surface area contributed by atoms with E-state index in [0.29, 0.717) is 0 Å². The van der Waals surface area contributed by atoms with Gasteiger partial charge in [0.05, 0.1) is 0 Å². The average Bonchev–Trinajstić information content (AvgIpc) is 2.08. The molecule has 1 rings (SSSR count). The van der Waals surface area contributed by atoms with Gasteiger partial charge in [-0.15, -0.1) is 12.6 Å². The highest BCUT2D eigenvalue weighted by Gasteiger charge is 2.00. The molecular weight excluding hydrogens is 188 g/mol. The summed E-state index contributed by atoms with van der Waals surface area (Å²) in [7, 11) is 0. The lowest BCUT2D eigenvalue weighted by atomic mass is 10.1. The van der Waals surface area contributed by atoms with Crippen LogP contribution in [-0.4, -0.2) is 0 Å². The maximum Gasteiger partial charge on any atom is 0.0412 e. The molecule has 0 amide bonds. The third-order valence-corrected chi connectivity index (χ3v) is 2.44. The fraction of sp³-hybridized carbons (Fsp3) is 0.200. The topological polar surface area (TPSA) is 0 Å². The predicted octanol–water partition coefficient (Wildman–Crippen LogP) is 4.05. The van der Waals surface area contributed by atoms with Crippen molar-refractivity contribution in [2.45, 2.75) is 18.7 Å². The smallest absolute Gasteiger partial charge is 0.0412 e. The molecule has 64 valence electrons. The van der Waals surface area contributed by atoms with Gasteiger partial charge in [0, 0.05) is 9.92 Å². The van der Waals surface area contributed by atoms with E-state index in [9.17, 15) is 0 Å². The van der Waals surface area contributed by atoms with Crippen LogP contribution >= 0.6 is 24.2 Å². The van der Waals surface area contributed by atoms with Crippen molar-refractivity contribution in [1.82, 2.24) is 0 Å². The summed E-state index contributed by atoms with van der Waals surface area (Å²) in [5.41, 5.74) is 2.30. The van der Waals surface area contributed by atoms with Gasteiger partial charge in [0.2, 0.25) is 0 Å². The van der Waals surface area contributed by atoms with Gasteiger partial charge in [-0.2, -0.15) is 0 Å². The molecule has 0 bridgehead atoms. The fourth-order valence-electron chi connectivity index (χ4n) is 0.980. The maximum absolute atomic E-state index is 5.86. The van der Waals surface area contributed by atoms with Crippen LogP contribution in [-0.2, 0) is 0 Å². The molecule has 2 heteroatoms. The minimum atomic E-state index is 0.754. The summed E-state index contributed by atoms with van der Waals surface area (Å²) in [5.74, 6) is 0. The van der Waals surface area contributed by atoms with Crippen LogP contribution in [0.2, 0.25) is 5.02 Å². The van der Waals surface area contributed by atoms with E-state index < -0.39 is 0 Å². The summed E-state index contributed by atoms with van der Waals surface area (Å²) in [4.78, 5) is 0.968. The van der Waals surface area contributed by atoms with Crippen molar-refractivity contribution in [1.29, 1.82) is 0 Å². The molecule has 0 nitrogen and oxygen atoms in total. The number of hydrogen-bond acceptors (Lipinski definition) is 1. The van der Waals surface area contributed by atoms with Gasteiger partial charge in [-0.1, -0.05) is 17.7 Å². The molecule has 0 heterocycles. The third-order valence-electron chi connectivity index (χ3n) is 1.82. The van der Waals surface area contributed by atoms with Crippen molar-refractivity contribution in [3.8, 4) is 0 Å². The second-order valence-electron chi connectivity index (χ2n) is 2.63. The quantitative estimate of drug-likeness (QED) is 0.647. The van der Waals surface area contributed by atoms with Crippen LogP contribution in [0.15, 0.2) is 29.2 Å². The monoisotopic (exact) mass is 198 g/mol. The zero-order valence-electron chi connectivity index (χ0n) is 7.13. The van der Waals surface area contributed by atoms with Crippen LogP contribution in [0, 0.1) is 0 Å². The Bertz CT molecular complexity index is 316. The van der Waals surface area contributed by atoms with Gasteiger partial charge < -0.3 is 0 Å². The molecule has 0 fully saturated rings. The lowest BCUT2D eigenvalue weighted by molar-refractivity contribution is 1.38. The Hall–Kier alpha value is -0.400. The van der Waals surface area contributed by atoms with E-state index in [1.54, 1.807) is 0 Å². The van der Waals surface area contributed by atoms with Crippen molar-refractivity contribution in [3.63, 3.8) is 0 Å². The lowest BCUT2D eigenvalue weighted by Gasteiger charge is -2.04. The third kappa shape index (κ3) is 2.05. The van der Waals surface area contributed by atoms with E-state index in [1.807, 2.05) is 38.1 Å². The van der Waals surface area contributed by atoms with Crippen molar-refractivity contribution < 1.29 is 0 Å². The van der Waals surface area contributed by atoms with E-state index in [-0.39, 0.29) is 0 Å². The van der Waals surface area contributed by atoms with Gasteiger partial charge in [-0.25, -0.2) is 0 Å². The molecular formula is C10H11ClS. The van der Waals surface area contributed by atoms with Crippen molar-refractivity contribution in [2.75, 3.05) is 0 Å². The average molecular weight is 199 g/mol. The van der Waals surface area contributed by atoms with E-state index in [0.717, 1.165) is 15.5 Å². The van der Waals surface area contributed by atoms with E-state index >= 15 is 0 Å². The van der Waals surface area contributed by atoms with Crippen LogP contribution < -0.4 is 0 Å². The van der Waals surface area contributed by atoms with Gasteiger partial charge in [0.25, 0.3) is 0 Å². The van der Waals surface area contributed by atoms with Crippen LogP contribution in [0.25, 0.3) is 5.57 Å². The molecule has 0 aliphatic rings. The van der Waals surface area contributed by atoms with Crippen LogP contribution in [0.1, 0.15) is 19.4 Å². The highest BCUT2D eigenvalue weighted by molar-refractivity contribution is 7.80. The molecule has 0 aliphatic carbocycles. The summed E-state index contributed by atoms with van der Waals surface area (Å²) >= 11 is 10.2. The first-order valence-electron chi connectivity index (χ1n) is 3.77. The van der Waals surface area contributed by atoms with Gasteiger partial charge in [0.1, 0.15) is 0 Å². The second-order valence-corrected chi connectivity index (χ2v) is 3.55. The Balaban J connectivity index is 3.23. The summed E-state index contributed by atoms with van der Waals surface area (Å²) in [6, 6.07) is 5.68. The molecule has 0 aromatic heterocycles. The van der Waals surface area contributed by atoms with Gasteiger partial charge in [-0.3, -0.25) is 0 Å². The minimum Gasteiger partial charge on any atom is -0.143 e. The Labute approximate surface area is 83.7 Å². The second kappa shape index (κ2) is 4.01. The summed E-state index contributed by atoms with van der Waals surface area (Å²) in [6.45, 7) is 4.05. The molecule has 0 atom stereocenters. The van der Waals surface area contributed by atoms with E-state index in [1.165, 1.54) is 5.57 Å². The van der Waals surface area contributed by atoms with Crippen LogP contribution in [0.5, 0.6) is 0 Å². The standard InChI is InChI=1S/C10H11ClS/c1-3-7(2)9-6-8(11)4-5-10(9)12/h3-6,12H,1-2H3/b7-3+. The first-order valence-corrected chi connectivity index (χ1v) is 4.59.